The van der Waals surface area contributed by atoms with Crippen LogP contribution in [0, 0.1) is 19.8 Å². The van der Waals surface area contributed by atoms with Crippen LogP contribution < -0.4 is 10.9 Å². The summed E-state index contributed by atoms with van der Waals surface area (Å²) in [7, 11) is -3.57. The number of amides is 2. The van der Waals surface area contributed by atoms with Gasteiger partial charge in [-0.1, -0.05) is 24.6 Å². The van der Waals surface area contributed by atoms with Crippen molar-refractivity contribution in [2.75, 3.05) is 13.1 Å². The van der Waals surface area contributed by atoms with Gasteiger partial charge in [0.05, 0.1) is 4.90 Å². The Kier molecular flexibility index (Phi) is 6.58. The third kappa shape index (κ3) is 4.88. The Labute approximate surface area is 177 Å². The summed E-state index contributed by atoms with van der Waals surface area (Å²) in [6.45, 7) is 6.90. The third-order valence-electron chi connectivity index (χ3n) is 5.41. The van der Waals surface area contributed by atoms with Crippen LogP contribution in [0.1, 0.15) is 51.6 Å². The molecule has 7 nitrogen and oxygen atoms in total. The van der Waals surface area contributed by atoms with E-state index < -0.39 is 21.8 Å². The Morgan fingerprint density at radius 1 is 0.933 bits per heavy atom. The number of hydrogen-bond acceptors (Lipinski definition) is 4. The van der Waals surface area contributed by atoms with Gasteiger partial charge in [-0.3, -0.25) is 20.4 Å². The van der Waals surface area contributed by atoms with Gasteiger partial charge in [0, 0.05) is 24.2 Å². The topological polar surface area (TPSA) is 95.6 Å². The zero-order chi connectivity index (χ0) is 21.9. The van der Waals surface area contributed by atoms with Gasteiger partial charge in [0.15, 0.2) is 0 Å². The molecule has 30 heavy (non-hydrogen) atoms. The molecule has 0 aliphatic carbocycles. The first kappa shape index (κ1) is 22.0. The quantitative estimate of drug-likeness (QED) is 0.731. The maximum absolute atomic E-state index is 12.8. The van der Waals surface area contributed by atoms with Crippen molar-refractivity contribution in [2.24, 2.45) is 5.92 Å². The maximum atomic E-state index is 12.8. The molecule has 1 aliphatic rings. The lowest BCUT2D eigenvalue weighted by Crippen LogP contribution is -2.42. The summed E-state index contributed by atoms with van der Waals surface area (Å²) in [6, 6.07) is 11.1. The molecule has 1 heterocycles. The summed E-state index contributed by atoms with van der Waals surface area (Å²) in [5, 5.41) is 0. The van der Waals surface area contributed by atoms with E-state index >= 15 is 0 Å². The van der Waals surface area contributed by atoms with E-state index in [0.717, 1.165) is 24.0 Å². The molecule has 0 bridgehead atoms. The largest absolute Gasteiger partial charge is 0.269 e. The number of sulfonamides is 1. The highest BCUT2D eigenvalue weighted by Crippen LogP contribution is 2.23. The van der Waals surface area contributed by atoms with Crippen LogP contribution >= 0.6 is 0 Å². The molecule has 2 aromatic carbocycles. The molecular weight excluding hydrogens is 402 g/mol. The van der Waals surface area contributed by atoms with Gasteiger partial charge >= 0.3 is 0 Å². The van der Waals surface area contributed by atoms with Crippen molar-refractivity contribution in [1.29, 1.82) is 0 Å². The highest BCUT2D eigenvalue weighted by atomic mass is 32.2. The highest BCUT2D eigenvalue weighted by Gasteiger charge is 2.28. The molecular formula is C22H27N3O4S. The van der Waals surface area contributed by atoms with E-state index in [9.17, 15) is 18.0 Å². The van der Waals surface area contributed by atoms with E-state index in [-0.39, 0.29) is 10.5 Å². The van der Waals surface area contributed by atoms with Crippen LogP contribution in [0.3, 0.4) is 0 Å². The van der Waals surface area contributed by atoms with Crippen LogP contribution in [-0.2, 0) is 10.0 Å². The first-order valence-electron chi connectivity index (χ1n) is 9.96. The fourth-order valence-corrected chi connectivity index (χ4v) is 4.94. The summed E-state index contributed by atoms with van der Waals surface area (Å²) in [5.74, 6) is -0.412. The molecule has 160 valence electrons. The summed E-state index contributed by atoms with van der Waals surface area (Å²) in [4.78, 5) is 24.8. The minimum Gasteiger partial charge on any atom is -0.267 e. The standard InChI is InChI=1S/C22H27N3O4S/c1-15-10-12-25(13-11-15)30(28,29)19-7-5-18(6-8-19)21(26)23-24-22(27)20-9-4-16(2)14-17(20)3/h4-9,14-15H,10-13H2,1-3H3,(H,23,26)(H,24,27). The lowest BCUT2D eigenvalue weighted by atomic mass is 10.0. The number of rotatable bonds is 4. The predicted molar refractivity (Wildman–Crippen MR) is 114 cm³/mol. The lowest BCUT2D eigenvalue weighted by Gasteiger charge is -2.29. The number of piperidine rings is 1. The van der Waals surface area contributed by atoms with Crippen LogP contribution in [0.5, 0.6) is 0 Å². The fraction of sp³-hybridized carbons (Fsp3) is 0.364. The molecule has 0 saturated carbocycles. The number of nitrogens with zero attached hydrogens (tertiary/aromatic N) is 1. The fourth-order valence-electron chi connectivity index (χ4n) is 3.47. The lowest BCUT2D eigenvalue weighted by molar-refractivity contribution is 0.0846. The van der Waals surface area contributed by atoms with Crippen molar-refractivity contribution in [3.63, 3.8) is 0 Å². The van der Waals surface area contributed by atoms with Crippen molar-refractivity contribution in [3.8, 4) is 0 Å². The van der Waals surface area contributed by atoms with E-state index in [4.69, 9.17) is 0 Å². The molecule has 0 spiro atoms. The maximum Gasteiger partial charge on any atom is 0.269 e. The van der Waals surface area contributed by atoms with Crippen molar-refractivity contribution >= 4 is 21.8 Å². The van der Waals surface area contributed by atoms with Crippen molar-refractivity contribution in [2.45, 2.75) is 38.5 Å². The predicted octanol–water partition coefficient (Wildman–Crippen LogP) is 2.80. The second-order valence-electron chi connectivity index (χ2n) is 7.84. The molecule has 0 aromatic heterocycles. The second-order valence-corrected chi connectivity index (χ2v) is 9.78. The van der Waals surface area contributed by atoms with Crippen molar-refractivity contribution < 1.29 is 18.0 Å². The molecule has 2 N–H and O–H groups in total. The Morgan fingerprint density at radius 3 is 2.13 bits per heavy atom. The summed E-state index contributed by atoms with van der Waals surface area (Å²) in [5.41, 5.74) is 7.34. The average molecular weight is 430 g/mol. The number of hydrogen-bond donors (Lipinski definition) is 2. The van der Waals surface area contributed by atoms with Crippen LogP contribution in [-0.4, -0.2) is 37.6 Å². The minimum absolute atomic E-state index is 0.160. The molecule has 2 amide bonds. The van der Waals surface area contributed by atoms with Crippen molar-refractivity contribution in [1.82, 2.24) is 15.2 Å². The zero-order valence-electron chi connectivity index (χ0n) is 17.4. The van der Waals surface area contributed by atoms with Gasteiger partial charge in [0.25, 0.3) is 11.8 Å². The van der Waals surface area contributed by atoms with E-state index in [1.165, 1.54) is 28.6 Å². The number of carbonyl (C=O) groups excluding carboxylic acids is 2. The molecule has 0 atom stereocenters. The van der Waals surface area contributed by atoms with Gasteiger partial charge in [-0.2, -0.15) is 4.31 Å². The van der Waals surface area contributed by atoms with Gasteiger partial charge in [-0.05, 0) is 68.5 Å². The summed E-state index contributed by atoms with van der Waals surface area (Å²) in [6.07, 6.45) is 1.69. The Bertz CT molecular complexity index is 1040. The molecule has 8 heteroatoms. The average Bonchev–Trinajstić information content (AvgIpc) is 2.72. The van der Waals surface area contributed by atoms with Crippen LogP contribution in [0.2, 0.25) is 0 Å². The van der Waals surface area contributed by atoms with Crippen molar-refractivity contribution in [3.05, 3.63) is 64.7 Å². The molecule has 1 fully saturated rings. The monoisotopic (exact) mass is 429 g/mol. The summed E-state index contributed by atoms with van der Waals surface area (Å²) >= 11 is 0. The molecule has 1 aliphatic heterocycles. The molecule has 0 radical (unpaired) electrons. The van der Waals surface area contributed by atoms with E-state index in [1.54, 1.807) is 6.07 Å². The van der Waals surface area contributed by atoms with Crippen LogP contribution in [0.25, 0.3) is 0 Å². The Hall–Kier alpha value is -2.71. The normalized spacial score (nSPS) is 15.6. The third-order valence-corrected chi connectivity index (χ3v) is 7.33. The SMILES string of the molecule is Cc1ccc(C(=O)NNC(=O)c2ccc(S(=O)(=O)N3CCC(C)CC3)cc2)c(C)c1. The smallest absolute Gasteiger partial charge is 0.267 e. The van der Waals surface area contributed by atoms with Crippen LogP contribution in [0.15, 0.2) is 47.4 Å². The second kappa shape index (κ2) is 8.97. The van der Waals surface area contributed by atoms with E-state index in [2.05, 4.69) is 17.8 Å². The van der Waals surface area contributed by atoms with Gasteiger partial charge in [0.2, 0.25) is 10.0 Å². The zero-order valence-corrected chi connectivity index (χ0v) is 18.3. The van der Waals surface area contributed by atoms with Gasteiger partial charge in [0.1, 0.15) is 0 Å². The van der Waals surface area contributed by atoms with E-state index in [0.29, 0.717) is 24.6 Å². The molecule has 2 aromatic rings. The minimum atomic E-state index is -3.57. The number of carbonyl (C=O) groups is 2. The van der Waals surface area contributed by atoms with Gasteiger partial charge in [-0.25, -0.2) is 8.42 Å². The summed E-state index contributed by atoms with van der Waals surface area (Å²) < 4.78 is 27.0. The van der Waals surface area contributed by atoms with Crippen LogP contribution in [0.4, 0.5) is 0 Å². The van der Waals surface area contributed by atoms with E-state index in [1.807, 2.05) is 26.0 Å². The molecule has 1 saturated heterocycles. The molecule has 0 unspecified atom stereocenters. The Balaban J connectivity index is 1.63. The highest BCUT2D eigenvalue weighted by molar-refractivity contribution is 7.89. The number of hydrazine groups is 1. The first-order chi connectivity index (χ1) is 14.2. The number of benzene rings is 2. The molecule has 3 rings (SSSR count). The Morgan fingerprint density at radius 2 is 1.53 bits per heavy atom. The number of nitrogens with one attached hydrogen (secondary N) is 2. The first-order valence-corrected chi connectivity index (χ1v) is 11.4. The van der Waals surface area contributed by atoms with Gasteiger partial charge in [-0.15, -0.1) is 0 Å². The van der Waals surface area contributed by atoms with Gasteiger partial charge < -0.3 is 0 Å². The number of aryl methyl sites for hydroxylation is 2.